The molecule has 0 bridgehead atoms. The Kier molecular flexibility index (Phi) is 7.36. The summed E-state index contributed by atoms with van der Waals surface area (Å²) in [4.78, 5) is 11.1. The van der Waals surface area contributed by atoms with Crippen molar-refractivity contribution < 1.29 is 29.6 Å². The topological polar surface area (TPSA) is 26.3 Å². The summed E-state index contributed by atoms with van der Waals surface area (Å²) >= 11 is 0. The van der Waals surface area contributed by atoms with Gasteiger partial charge in [-0.3, -0.25) is 4.79 Å². The van der Waals surface area contributed by atoms with Crippen LogP contribution in [0.2, 0.25) is 0 Å². The number of rotatable bonds is 5. The van der Waals surface area contributed by atoms with Crippen LogP contribution < -0.4 is 29.5 Å². The SMILES string of the molecule is CCOP(c1ccccc1)c1cc(C)c(C=O)c(C)c1.[H-].[Li+]. The number of carbonyl (C=O) groups excluding carboxylic acids is 1. The predicted octanol–water partition coefficient (Wildman–Crippen LogP) is 0.617. The molecule has 0 saturated carbocycles. The molecule has 2 nitrogen and oxygen atoms in total. The largest absolute Gasteiger partial charge is 1.00 e. The zero-order chi connectivity index (χ0) is 14.5. The second-order valence-corrected chi connectivity index (χ2v) is 6.54. The number of carbonyl (C=O) groups is 1. The van der Waals surface area contributed by atoms with Crippen LogP contribution in [0.5, 0.6) is 0 Å². The van der Waals surface area contributed by atoms with Gasteiger partial charge in [-0.1, -0.05) is 30.3 Å². The van der Waals surface area contributed by atoms with Gasteiger partial charge in [-0.2, -0.15) is 0 Å². The summed E-state index contributed by atoms with van der Waals surface area (Å²) in [7, 11) is -0.817. The van der Waals surface area contributed by atoms with Gasteiger partial charge in [0.15, 0.2) is 6.29 Å². The zero-order valence-corrected chi connectivity index (χ0v) is 14.0. The van der Waals surface area contributed by atoms with Crippen molar-refractivity contribution in [3.63, 3.8) is 0 Å². The maximum atomic E-state index is 11.1. The van der Waals surface area contributed by atoms with Gasteiger partial charge in [0, 0.05) is 22.8 Å². The third-order valence-corrected chi connectivity index (χ3v) is 5.19. The Bertz CT molecular complexity index is 582. The molecule has 2 aromatic carbocycles. The van der Waals surface area contributed by atoms with E-state index in [-0.39, 0.29) is 20.3 Å². The molecule has 0 radical (unpaired) electrons. The second kappa shape index (κ2) is 8.52. The molecule has 0 aliphatic rings. The van der Waals surface area contributed by atoms with E-state index in [9.17, 15) is 4.79 Å². The average Bonchev–Trinajstić information content (AvgIpc) is 2.45. The Hall–Kier alpha value is -0.903. The number of benzene rings is 2. The van der Waals surface area contributed by atoms with Gasteiger partial charge >= 0.3 is 18.9 Å². The molecule has 0 fully saturated rings. The minimum Gasteiger partial charge on any atom is -1.00 e. The first-order valence-corrected chi connectivity index (χ1v) is 7.97. The van der Waals surface area contributed by atoms with Crippen LogP contribution in [0.3, 0.4) is 0 Å². The standard InChI is InChI=1S/C17H19O2P.Li.H/c1-4-19-20(15-8-6-5-7-9-15)16-10-13(2)17(12-18)14(3)11-16;;/h5-12H,4H2,1-3H3;;/q;+1;-1. The first kappa shape index (κ1) is 18.1. The van der Waals surface area contributed by atoms with Crippen molar-refractivity contribution in [1.82, 2.24) is 0 Å². The smallest absolute Gasteiger partial charge is 1.00 e. The summed E-state index contributed by atoms with van der Waals surface area (Å²) < 4.78 is 5.97. The van der Waals surface area contributed by atoms with Crippen molar-refractivity contribution >= 4 is 25.0 Å². The summed E-state index contributed by atoms with van der Waals surface area (Å²) in [5.74, 6) is 0. The first-order chi connectivity index (χ1) is 9.67. The molecule has 0 spiro atoms. The molecule has 0 aliphatic carbocycles. The summed E-state index contributed by atoms with van der Waals surface area (Å²) in [5.41, 5.74) is 2.81. The molecule has 0 amide bonds. The van der Waals surface area contributed by atoms with E-state index in [1.807, 2.05) is 39.0 Å². The third-order valence-electron chi connectivity index (χ3n) is 3.18. The quantitative estimate of drug-likeness (QED) is 0.459. The molecule has 0 heterocycles. The van der Waals surface area contributed by atoms with Gasteiger partial charge in [0.2, 0.25) is 0 Å². The van der Waals surface area contributed by atoms with E-state index >= 15 is 0 Å². The minimum absolute atomic E-state index is 0. The number of aldehydes is 1. The van der Waals surface area contributed by atoms with Gasteiger partial charge in [0.05, 0.1) is 8.15 Å². The molecule has 0 N–H and O–H groups in total. The van der Waals surface area contributed by atoms with E-state index < -0.39 is 8.15 Å². The van der Waals surface area contributed by atoms with E-state index in [1.54, 1.807) is 0 Å². The third kappa shape index (κ3) is 4.28. The number of aryl methyl sites for hydroxylation is 2. The molecule has 2 rings (SSSR count). The summed E-state index contributed by atoms with van der Waals surface area (Å²) in [5, 5.41) is 2.36. The van der Waals surface area contributed by atoms with Crippen molar-refractivity contribution in [2.75, 3.05) is 6.61 Å². The van der Waals surface area contributed by atoms with Crippen LogP contribution in [0.4, 0.5) is 0 Å². The fourth-order valence-corrected chi connectivity index (χ4v) is 4.16. The van der Waals surface area contributed by atoms with E-state index in [0.717, 1.165) is 28.3 Å². The summed E-state index contributed by atoms with van der Waals surface area (Å²) in [6, 6.07) is 14.4. The summed E-state index contributed by atoms with van der Waals surface area (Å²) in [6.07, 6.45) is 0.930. The molecule has 0 aliphatic heterocycles. The Labute approximate surface area is 141 Å². The fraction of sp³-hybridized carbons (Fsp3) is 0.235. The summed E-state index contributed by atoms with van der Waals surface area (Å²) in [6.45, 7) is 6.64. The molecule has 2 aromatic rings. The molecular formula is C17H20LiO2P. The van der Waals surface area contributed by atoms with Gasteiger partial charge in [0.25, 0.3) is 0 Å². The Balaban J connectivity index is 0.00000220. The van der Waals surface area contributed by atoms with Crippen molar-refractivity contribution in [3.8, 4) is 0 Å². The van der Waals surface area contributed by atoms with Crippen LogP contribution >= 0.6 is 8.15 Å². The van der Waals surface area contributed by atoms with E-state index in [4.69, 9.17) is 4.52 Å². The van der Waals surface area contributed by atoms with Crippen molar-refractivity contribution in [1.29, 1.82) is 0 Å². The van der Waals surface area contributed by atoms with Crippen LogP contribution in [0.15, 0.2) is 42.5 Å². The van der Waals surface area contributed by atoms with Crippen LogP contribution in [-0.4, -0.2) is 12.9 Å². The molecule has 21 heavy (non-hydrogen) atoms. The molecule has 1 unspecified atom stereocenters. The molecular weight excluding hydrogens is 274 g/mol. The predicted molar refractivity (Wildman–Crippen MR) is 86.7 cm³/mol. The number of hydrogen-bond donors (Lipinski definition) is 0. The van der Waals surface area contributed by atoms with Crippen molar-refractivity contribution in [2.24, 2.45) is 0 Å². The van der Waals surface area contributed by atoms with Crippen LogP contribution in [0.25, 0.3) is 0 Å². The zero-order valence-electron chi connectivity index (χ0n) is 14.1. The molecule has 4 heteroatoms. The second-order valence-electron chi connectivity index (χ2n) is 4.66. The van der Waals surface area contributed by atoms with Gasteiger partial charge in [-0.05, 0) is 44.0 Å². The van der Waals surface area contributed by atoms with Crippen molar-refractivity contribution in [3.05, 3.63) is 59.2 Å². The normalized spacial score (nSPS) is 11.6. The molecule has 106 valence electrons. The Morgan fingerprint density at radius 2 is 1.67 bits per heavy atom. The molecule has 1 atom stereocenters. The monoisotopic (exact) mass is 294 g/mol. The van der Waals surface area contributed by atoms with Crippen LogP contribution in [0, 0.1) is 13.8 Å². The van der Waals surface area contributed by atoms with E-state index in [1.165, 1.54) is 5.30 Å². The Morgan fingerprint density at radius 3 is 2.14 bits per heavy atom. The minimum atomic E-state index is -0.817. The van der Waals surface area contributed by atoms with E-state index in [2.05, 4.69) is 24.3 Å². The molecule has 0 aromatic heterocycles. The average molecular weight is 294 g/mol. The van der Waals surface area contributed by atoms with Crippen molar-refractivity contribution in [2.45, 2.75) is 20.8 Å². The van der Waals surface area contributed by atoms with Gasteiger partial charge in [-0.15, -0.1) is 0 Å². The van der Waals surface area contributed by atoms with E-state index in [0.29, 0.717) is 6.61 Å². The van der Waals surface area contributed by atoms with Crippen LogP contribution in [-0.2, 0) is 4.52 Å². The molecule has 0 saturated heterocycles. The Morgan fingerprint density at radius 1 is 1.10 bits per heavy atom. The maximum absolute atomic E-state index is 11.1. The van der Waals surface area contributed by atoms with Crippen LogP contribution in [0.1, 0.15) is 29.8 Å². The number of hydrogen-bond acceptors (Lipinski definition) is 2. The van der Waals surface area contributed by atoms with Gasteiger partial charge < -0.3 is 5.95 Å². The first-order valence-electron chi connectivity index (χ1n) is 6.72. The van der Waals surface area contributed by atoms with Gasteiger partial charge in [0.1, 0.15) is 0 Å². The van der Waals surface area contributed by atoms with Gasteiger partial charge in [-0.25, -0.2) is 0 Å². The fourth-order valence-electron chi connectivity index (χ4n) is 2.25. The maximum Gasteiger partial charge on any atom is 1.00 e.